The molecular formula is C18H25NS. The lowest BCUT2D eigenvalue weighted by Crippen LogP contribution is -2.36. The van der Waals surface area contributed by atoms with Crippen LogP contribution in [0.2, 0.25) is 0 Å². The van der Waals surface area contributed by atoms with Crippen LogP contribution >= 0.6 is 11.3 Å². The van der Waals surface area contributed by atoms with Gasteiger partial charge in [0, 0.05) is 17.0 Å². The maximum Gasteiger partial charge on any atom is 0.00894 e. The second-order valence-electron chi connectivity index (χ2n) is 5.78. The monoisotopic (exact) mass is 287 g/mol. The molecule has 0 amide bonds. The lowest BCUT2D eigenvalue weighted by Gasteiger charge is -2.19. The molecule has 2 rings (SSSR count). The zero-order chi connectivity index (χ0) is 14.4. The third-order valence-corrected chi connectivity index (χ3v) is 4.50. The van der Waals surface area contributed by atoms with E-state index in [1.807, 2.05) is 11.3 Å². The fourth-order valence-corrected chi connectivity index (χ4v) is 3.44. The molecule has 2 aromatic rings. The molecular weight excluding hydrogens is 262 g/mol. The SMILES string of the molecule is Cc1cccc(CCC(C)NC(C)Cc2cccs2)c1. The lowest BCUT2D eigenvalue weighted by molar-refractivity contribution is 0.445. The summed E-state index contributed by atoms with van der Waals surface area (Å²) in [6.07, 6.45) is 3.48. The molecule has 0 aliphatic carbocycles. The van der Waals surface area contributed by atoms with Crippen LogP contribution in [-0.4, -0.2) is 12.1 Å². The van der Waals surface area contributed by atoms with E-state index >= 15 is 0 Å². The molecule has 1 aromatic carbocycles. The zero-order valence-electron chi connectivity index (χ0n) is 12.7. The first kappa shape index (κ1) is 15.3. The fraction of sp³-hybridized carbons (Fsp3) is 0.444. The van der Waals surface area contributed by atoms with E-state index in [9.17, 15) is 0 Å². The van der Waals surface area contributed by atoms with Gasteiger partial charge >= 0.3 is 0 Å². The molecule has 1 aromatic heterocycles. The topological polar surface area (TPSA) is 12.0 Å². The summed E-state index contributed by atoms with van der Waals surface area (Å²) in [5.41, 5.74) is 2.80. The highest BCUT2D eigenvalue weighted by Crippen LogP contribution is 2.12. The average Bonchev–Trinajstić information content (AvgIpc) is 2.89. The third-order valence-electron chi connectivity index (χ3n) is 3.61. The van der Waals surface area contributed by atoms with Crippen molar-refractivity contribution >= 4 is 11.3 Å². The molecule has 2 atom stereocenters. The van der Waals surface area contributed by atoms with Gasteiger partial charge < -0.3 is 5.32 Å². The van der Waals surface area contributed by atoms with E-state index in [0.717, 1.165) is 12.8 Å². The van der Waals surface area contributed by atoms with Gasteiger partial charge in [-0.1, -0.05) is 35.9 Å². The van der Waals surface area contributed by atoms with Crippen molar-refractivity contribution in [2.75, 3.05) is 0 Å². The summed E-state index contributed by atoms with van der Waals surface area (Å²) in [4.78, 5) is 1.47. The van der Waals surface area contributed by atoms with Crippen molar-refractivity contribution in [1.29, 1.82) is 0 Å². The van der Waals surface area contributed by atoms with Crippen molar-refractivity contribution in [3.05, 3.63) is 57.8 Å². The Morgan fingerprint density at radius 1 is 1.10 bits per heavy atom. The smallest absolute Gasteiger partial charge is 0.00894 e. The molecule has 1 heterocycles. The van der Waals surface area contributed by atoms with Crippen LogP contribution < -0.4 is 5.32 Å². The molecule has 0 aliphatic heterocycles. The third kappa shape index (κ3) is 5.10. The summed E-state index contributed by atoms with van der Waals surface area (Å²) in [5.74, 6) is 0. The number of benzene rings is 1. The van der Waals surface area contributed by atoms with Crippen LogP contribution in [0.3, 0.4) is 0 Å². The first-order valence-corrected chi connectivity index (χ1v) is 8.35. The zero-order valence-corrected chi connectivity index (χ0v) is 13.5. The van der Waals surface area contributed by atoms with E-state index < -0.39 is 0 Å². The largest absolute Gasteiger partial charge is 0.311 e. The molecule has 0 bridgehead atoms. The Hall–Kier alpha value is -1.12. The Bertz CT molecular complexity index is 504. The number of nitrogens with one attached hydrogen (secondary N) is 1. The molecule has 2 heteroatoms. The van der Waals surface area contributed by atoms with Gasteiger partial charge in [-0.2, -0.15) is 0 Å². The number of rotatable bonds is 7. The first-order chi connectivity index (χ1) is 9.63. The minimum Gasteiger partial charge on any atom is -0.311 e. The van der Waals surface area contributed by atoms with E-state index in [-0.39, 0.29) is 0 Å². The van der Waals surface area contributed by atoms with E-state index in [0.29, 0.717) is 12.1 Å². The fourth-order valence-electron chi connectivity index (χ4n) is 2.61. The van der Waals surface area contributed by atoms with E-state index in [2.05, 4.69) is 67.9 Å². The van der Waals surface area contributed by atoms with Crippen LogP contribution in [0.1, 0.15) is 36.3 Å². The van der Waals surface area contributed by atoms with Gasteiger partial charge in [0.05, 0.1) is 0 Å². The second-order valence-corrected chi connectivity index (χ2v) is 6.81. The van der Waals surface area contributed by atoms with Crippen molar-refractivity contribution in [2.24, 2.45) is 0 Å². The Kier molecular flexibility index (Phi) is 5.81. The average molecular weight is 287 g/mol. The molecule has 0 radical (unpaired) electrons. The van der Waals surface area contributed by atoms with E-state index in [4.69, 9.17) is 0 Å². The maximum atomic E-state index is 3.71. The molecule has 0 fully saturated rings. The number of thiophene rings is 1. The van der Waals surface area contributed by atoms with Crippen molar-refractivity contribution in [3.8, 4) is 0 Å². The van der Waals surface area contributed by atoms with Gasteiger partial charge in [-0.3, -0.25) is 0 Å². The van der Waals surface area contributed by atoms with E-state index in [1.54, 1.807) is 0 Å². The van der Waals surface area contributed by atoms with Crippen LogP contribution in [0.5, 0.6) is 0 Å². The molecule has 1 N–H and O–H groups in total. The molecule has 0 saturated carbocycles. The highest BCUT2D eigenvalue weighted by atomic mass is 32.1. The van der Waals surface area contributed by atoms with Gasteiger partial charge in [-0.05, 0) is 57.0 Å². The summed E-state index contributed by atoms with van der Waals surface area (Å²) in [6.45, 7) is 6.73. The molecule has 0 saturated heterocycles. The molecule has 0 aliphatic rings. The Morgan fingerprint density at radius 2 is 1.95 bits per heavy atom. The predicted molar refractivity (Wildman–Crippen MR) is 89.6 cm³/mol. The van der Waals surface area contributed by atoms with Crippen molar-refractivity contribution < 1.29 is 0 Å². The van der Waals surface area contributed by atoms with Crippen molar-refractivity contribution in [2.45, 2.75) is 52.1 Å². The van der Waals surface area contributed by atoms with Crippen molar-refractivity contribution in [3.63, 3.8) is 0 Å². The van der Waals surface area contributed by atoms with Crippen LogP contribution in [-0.2, 0) is 12.8 Å². The molecule has 20 heavy (non-hydrogen) atoms. The molecule has 108 valence electrons. The van der Waals surface area contributed by atoms with Crippen LogP contribution in [0.4, 0.5) is 0 Å². The predicted octanol–water partition coefficient (Wildman–Crippen LogP) is 4.60. The molecule has 1 nitrogen and oxygen atoms in total. The van der Waals surface area contributed by atoms with Gasteiger partial charge in [-0.15, -0.1) is 11.3 Å². The van der Waals surface area contributed by atoms with Gasteiger partial charge in [0.25, 0.3) is 0 Å². The van der Waals surface area contributed by atoms with Gasteiger partial charge in [-0.25, -0.2) is 0 Å². The summed E-state index contributed by atoms with van der Waals surface area (Å²) >= 11 is 1.85. The van der Waals surface area contributed by atoms with Gasteiger partial charge in [0.15, 0.2) is 0 Å². The van der Waals surface area contributed by atoms with Gasteiger partial charge in [0.1, 0.15) is 0 Å². The van der Waals surface area contributed by atoms with Crippen LogP contribution in [0.25, 0.3) is 0 Å². The minimum atomic E-state index is 0.543. The molecule has 2 unspecified atom stereocenters. The lowest BCUT2D eigenvalue weighted by atomic mass is 10.0. The summed E-state index contributed by atoms with van der Waals surface area (Å²) in [5, 5.41) is 5.87. The number of hydrogen-bond acceptors (Lipinski definition) is 2. The Balaban J connectivity index is 1.73. The number of hydrogen-bond donors (Lipinski definition) is 1. The Labute approximate surface area is 127 Å². The van der Waals surface area contributed by atoms with Crippen LogP contribution in [0, 0.1) is 6.92 Å². The van der Waals surface area contributed by atoms with E-state index in [1.165, 1.54) is 22.4 Å². The van der Waals surface area contributed by atoms with Crippen molar-refractivity contribution in [1.82, 2.24) is 5.32 Å². The standard InChI is InChI=1S/C18H25NS/c1-14-6-4-7-17(12-14)10-9-15(2)19-16(3)13-18-8-5-11-20-18/h4-8,11-12,15-16,19H,9-10,13H2,1-3H3. The summed E-state index contributed by atoms with van der Waals surface area (Å²) in [7, 11) is 0. The summed E-state index contributed by atoms with van der Waals surface area (Å²) in [6, 6.07) is 14.3. The summed E-state index contributed by atoms with van der Waals surface area (Å²) < 4.78 is 0. The highest BCUT2D eigenvalue weighted by Gasteiger charge is 2.09. The highest BCUT2D eigenvalue weighted by molar-refractivity contribution is 7.09. The van der Waals surface area contributed by atoms with Crippen LogP contribution in [0.15, 0.2) is 41.8 Å². The Morgan fingerprint density at radius 3 is 2.65 bits per heavy atom. The quantitative estimate of drug-likeness (QED) is 0.785. The molecule has 0 spiro atoms. The second kappa shape index (κ2) is 7.61. The normalized spacial score (nSPS) is 14.2. The number of aryl methyl sites for hydroxylation is 2. The first-order valence-electron chi connectivity index (χ1n) is 7.47. The minimum absolute atomic E-state index is 0.543. The maximum absolute atomic E-state index is 3.71. The van der Waals surface area contributed by atoms with Gasteiger partial charge in [0.2, 0.25) is 0 Å².